The molecule has 0 aliphatic heterocycles. The summed E-state index contributed by atoms with van der Waals surface area (Å²) in [6, 6.07) is 75.7. The van der Waals surface area contributed by atoms with Gasteiger partial charge in [0.2, 0.25) is 0 Å². The largest absolute Gasteiger partial charge is 0.0622 e. The third-order valence-electron chi connectivity index (χ3n) is 10.6. The van der Waals surface area contributed by atoms with E-state index in [2.05, 4.69) is 206 Å². The van der Waals surface area contributed by atoms with Crippen LogP contribution in [0.5, 0.6) is 0 Å². The first-order valence-corrected chi connectivity index (χ1v) is 18.0. The van der Waals surface area contributed by atoms with E-state index in [9.17, 15) is 0 Å². The Labute approximate surface area is 303 Å². The molecular formula is C52H34. The van der Waals surface area contributed by atoms with Gasteiger partial charge >= 0.3 is 0 Å². The van der Waals surface area contributed by atoms with Gasteiger partial charge in [-0.1, -0.05) is 164 Å². The number of benzene rings is 10. The van der Waals surface area contributed by atoms with E-state index in [1.807, 2.05) is 0 Å². The van der Waals surface area contributed by atoms with E-state index < -0.39 is 0 Å². The Kier molecular flexibility index (Phi) is 7.25. The molecule has 242 valence electrons. The van der Waals surface area contributed by atoms with Crippen LogP contribution in [-0.4, -0.2) is 0 Å². The van der Waals surface area contributed by atoms with Crippen LogP contribution in [0.25, 0.3) is 98.7 Å². The maximum atomic E-state index is 2.45. The standard InChI is InChI=1S/C52H34/c1-4-16-35(17-5-1)40-28-41(36-18-6-2-7-19-36)30-42(29-40)48-33-50-45-26-14-15-27-46(45)51(34-52(50)44-25-13-12-24-43(44)48)49-32-39-23-11-10-22-38(39)31-47(49)37-20-8-3-9-21-37/h1-34H. The van der Waals surface area contributed by atoms with Crippen molar-refractivity contribution in [3.8, 4) is 55.6 Å². The number of fused-ring (bicyclic) bond motifs is 6. The van der Waals surface area contributed by atoms with Crippen molar-refractivity contribution >= 4 is 43.1 Å². The van der Waals surface area contributed by atoms with Gasteiger partial charge in [0, 0.05) is 0 Å². The average molecular weight is 659 g/mol. The predicted molar refractivity (Wildman–Crippen MR) is 224 cm³/mol. The van der Waals surface area contributed by atoms with Crippen LogP contribution in [0.3, 0.4) is 0 Å². The van der Waals surface area contributed by atoms with Crippen LogP contribution in [-0.2, 0) is 0 Å². The third kappa shape index (κ3) is 5.16. The molecule has 52 heavy (non-hydrogen) atoms. The highest BCUT2D eigenvalue weighted by atomic mass is 14.2. The summed E-state index contributed by atoms with van der Waals surface area (Å²) in [5.41, 5.74) is 12.3. The second kappa shape index (κ2) is 12.5. The molecule has 0 fully saturated rings. The summed E-state index contributed by atoms with van der Waals surface area (Å²) in [4.78, 5) is 0. The summed E-state index contributed by atoms with van der Waals surface area (Å²) in [7, 11) is 0. The van der Waals surface area contributed by atoms with Crippen LogP contribution in [0, 0.1) is 0 Å². The Morgan fingerprint density at radius 1 is 0.173 bits per heavy atom. The van der Waals surface area contributed by atoms with Gasteiger partial charge in [0.1, 0.15) is 0 Å². The topological polar surface area (TPSA) is 0 Å². The van der Waals surface area contributed by atoms with E-state index in [4.69, 9.17) is 0 Å². The Balaban J connectivity index is 1.28. The van der Waals surface area contributed by atoms with Crippen molar-refractivity contribution in [2.75, 3.05) is 0 Å². The molecule has 0 bridgehead atoms. The summed E-state index contributed by atoms with van der Waals surface area (Å²) in [5, 5.41) is 10.1. The summed E-state index contributed by atoms with van der Waals surface area (Å²) >= 11 is 0. The number of hydrogen-bond donors (Lipinski definition) is 0. The van der Waals surface area contributed by atoms with E-state index in [0.29, 0.717) is 0 Å². The fourth-order valence-electron chi connectivity index (χ4n) is 8.11. The van der Waals surface area contributed by atoms with Crippen LogP contribution in [0.4, 0.5) is 0 Å². The minimum absolute atomic E-state index is 1.21. The first kappa shape index (κ1) is 30.1. The molecule has 0 saturated carbocycles. The van der Waals surface area contributed by atoms with E-state index in [-0.39, 0.29) is 0 Å². The molecule has 0 atom stereocenters. The van der Waals surface area contributed by atoms with Gasteiger partial charge in [-0.05, 0) is 141 Å². The SMILES string of the molecule is c1ccc(-c2cc(-c3ccccc3)cc(-c3cc4c5ccccc5c(-c5cc6ccccc6cc5-c5ccccc5)cc4c4ccccc34)c2)cc1. The normalized spacial score (nSPS) is 11.5. The molecule has 0 heterocycles. The summed E-state index contributed by atoms with van der Waals surface area (Å²) in [6.45, 7) is 0. The highest BCUT2D eigenvalue weighted by molar-refractivity contribution is 6.24. The summed E-state index contributed by atoms with van der Waals surface area (Å²) in [5.74, 6) is 0. The van der Waals surface area contributed by atoms with E-state index in [1.165, 1.54) is 98.7 Å². The van der Waals surface area contributed by atoms with E-state index >= 15 is 0 Å². The molecule has 10 aromatic rings. The molecular weight excluding hydrogens is 625 g/mol. The Morgan fingerprint density at radius 2 is 0.558 bits per heavy atom. The Bertz CT molecular complexity index is 2860. The van der Waals surface area contributed by atoms with Gasteiger partial charge in [0.25, 0.3) is 0 Å². The van der Waals surface area contributed by atoms with Crippen LogP contribution in [0.2, 0.25) is 0 Å². The minimum Gasteiger partial charge on any atom is -0.0622 e. The third-order valence-corrected chi connectivity index (χ3v) is 10.6. The molecule has 0 amide bonds. The van der Waals surface area contributed by atoms with Crippen molar-refractivity contribution in [2.45, 2.75) is 0 Å². The van der Waals surface area contributed by atoms with Gasteiger partial charge in [0.05, 0.1) is 0 Å². The van der Waals surface area contributed by atoms with Crippen molar-refractivity contribution in [1.82, 2.24) is 0 Å². The maximum absolute atomic E-state index is 2.45. The van der Waals surface area contributed by atoms with E-state index in [1.54, 1.807) is 0 Å². The van der Waals surface area contributed by atoms with Gasteiger partial charge in [-0.3, -0.25) is 0 Å². The second-order valence-electron chi connectivity index (χ2n) is 13.7. The minimum atomic E-state index is 1.21. The molecule has 0 saturated heterocycles. The highest BCUT2D eigenvalue weighted by Gasteiger charge is 2.18. The lowest BCUT2D eigenvalue weighted by atomic mass is 9.84. The predicted octanol–water partition coefficient (Wildman–Crippen LogP) is 14.6. The highest BCUT2D eigenvalue weighted by Crippen LogP contribution is 2.45. The van der Waals surface area contributed by atoms with Gasteiger partial charge in [-0.2, -0.15) is 0 Å². The summed E-state index contributed by atoms with van der Waals surface area (Å²) < 4.78 is 0. The maximum Gasteiger partial charge on any atom is -0.00923 e. The molecule has 0 aromatic heterocycles. The van der Waals surface area contributed by atoms with Gasteiger partial charge in [-0.15, -0.1) is 0 Å². The zero-order valence-electron chi connectivity index (χ0n) is 28.6. The molecule has 0 unspecified atom stereocenters. The fraction of sp³-hybridized carbons (Fsp3) is 0. The quantitative estimate of drug-likeness (QED) is 0.161. The Hall–Kier alpha value is -6.76. The van der Waals surface area contributed by atoms with Gasteiger partial charge in [0.15, 0.2) is 0 Å². The van der Waals surface area contributed by atoms with Crippen molar-refractivity contribution in [1.29, 1.82) is 0 Å². The first-order valence-electron chi connectivity index (χ1n) is 18.0. The van der Waals surface area contributed by atoms with Gasteiger partial charge in [-0.25, -0.2) is 0 Å². The number of hydrogen-bond acceptors (Lipinski definition) is 0. The molecule has 0 heteroatoms. The molecule has 0 N–H and O–H groups in total. The summed E-state index contributed by atoms with van der Waals surface area (Å²) in [6.07, 6.45) is 0. The van der Waals surface area contributed by atoms with E-state index in [0.717, 1.165) is 0 Å². The van der Waals surface area contributed by atoms with Crippen molar-refractivity contribution in [2.24, 2.45) is 0 Å². The van der Waals surface area contributed by atoms with Crippen molar-refractivity contribution < 1.29 is 0 Å². The average Bonchev–Trinajstić information content (AvgIpc) is 3.23. The van der Waals surface area contributed by atoms with Crippen LogP contribution in [0.15, 0.2) is 206 Å². The lowest BCUT2D eigenvalue weighted by Gasteiger charge is -2.19. The molecule has 0 spiro atoms. The molecule has 0 nitrogen and oxygen atoms in total. The molecule has 0 aliphatic rings. The fourth-order valence-corrected chi connectivity index (χ4v) is 8.11. The number of rotatable bonds is 5. The Morgan fingerprint density at radius 3 is 1.10 bits per heavy atom. The zero-order chi connectivity index (χ0) is 34.4. The van der Waals surface area contributed by atoms with Crippen molar-refractivity contribution in [3.05, 3.63) is 206 Å². The van der Waals surface area contributed by atoms with Crippen molar-refractivity contribution in [3.63, 3.8) is 0 Å². The lowest BCUT2D eigenvalue weighted by molar-refractivity contribution is 1.58. The monoisotopic (exact) mass is 658 g/mol. The second-order valence-corrected chi connectivity index (χ2v) is 13.7. The first-order chi connectivity index (χ1) is 25.8. The molecule has 10 rings (SSSR count). The van der Waals surface area contributed by atoms with Crippen LogP contribution in [0.1, 0.15) is 0 Å². The van der Waals surface area contributed by atoms with Gasteiger partial charge < -0.3 is 0 Å². The lowest BCUT2D eigenvalue weighted by Crippen LogP contribution is -1.92. The van der Waals surface area contributed by atoms with Crippen LogP contribution < -0.4 is 0 Å². The van der Waals surface area contributed by atoms with Crippen LogP contribution >= 0.6 is 0 Å². The molecule has 10 aromatic carbocycles. The smallest absolute Gasteiger partial charge is 0.00923 e. The molecule has 0 aliphatic carbocycles. The molecule has 0 radical (unpaired) electrons. The zero-order valence-corrected chi connectivity index (χ0v) is 28.6.